The first-order valence-electron chi connectivity index (χ1n) is 8.22. The lowest BCUT2D eigenvalue weighted by Gasteiger charge is -2.26. The van der Waals surface area contributed by atoms with Crippen LogP contribution in [0.2, 0.25) is 0 Å². The highest BCUT2D eigenvalue weighted by Crippen LogP contribution is 2.23. The van der Waals surface area contributed by atoms with Crippen LogP contribution in [0.25, 0.3) is 0 Å². The van der Waals surface area contributed by atoms with E-state index in [1.54, 1.807) is 17.0 Å². The molecule has 8 heteroatoms. The van der Waals surface area contributed by atoms with Crippen molar-refractivity contribution in [3.05, 3.63) is 48.3 Å². The Morgan fingerprint density at radius 2 is 1.96 bits per heavy atom. The third-order valence-electron chi connectivity index (χ3n) is 3.83. The van der Waals surface area contributed by atoms with Crippen LogP contribution in [0, 0.1) is 0 Å². The molecule has 0 saturated carbocycles. The Hall–Kier alpha value is -2.61. The maximum atomic E-state index is 12.9. The Morgan fingerprint density at radius 3 is 2.58 bits per heavy atom. The minimum atomic E-state index is -3.97. The molecule has 0 aliphatic carbocycles. The summed E-state index contributed by atoms with van der Waals surface area (Å²) in [7, 11) is -2.51. The summed E-state index contributed by atoms with van der Waals surface area (Å²) >= 11 is 0. The molecule has 0 bridgehead atoms. The summed E-state index contributed by atoms with van der Waals surface area (Å²) in [5, 5.41) is 0. The van der Waals surface area contributed by atoms with Crippen molar-refractivity contribution in [1.29, 1.82) is 0 Å². The Bertz CT molecular complexity index is 882. The summed E-state index contributed by atoms with van der Waals surface area (Å²) in [4.78, 5) is 18.3. The fourth-order valence-corrected chi connectivity index (χ4v) is 3.81. The van der Waals surface area contributed by atoms with E-state index in [4.69, 9.17) is 4.74 Å². The average Bonchev–Trinajstić information content (AvgIpc) is 2.61. The highest BCUT2D eigenvalue weighted by atomic mass is 32.2. The van der Waals surface area contributed by atoms with Gasteiger partial charge < -0.3 is 9.64 Å². The lowest BCUT2D eigenvalue weighted by atomic mass is 10.1. The molecule has 7 nitrogen and oxygen atoms in total. The largest absolute Gasteiger partial charge is 0.495 e. The van der Waals surface area contributed by atoms with Crippen LogP contribution in [-0.4, -0.2) is 43.9 Å². The highest BCUT2D eigenvalue weighted by Gasteiger charge is 2.26. The topological polar surface area (TPSA) is 88.6 Å². The number of methoxy groups -OCH3 is 1. The standard InChI is InChI=1S/C18H23N3O4S/c1-5-21(13(2)3)18(22)16-8-6-7-9-17(16)26(23,24)20-14-10-15(25-4)12-19-11-14/h6-13,20H,5H2,1-4H3. The van der Waals surface area contributed by atoms with Crippen molar-refractivity contribution in [2.45, 2.75) is 31.7 Å². The average molecular weight is 377 g/mol. The fraction of sp³-hybridized carbons (Fsp3) is 0.333. The van der Waals surface area contributed by atoms with Gasteiger partial charge in [-0.3, -0.25) is 14.5 Å². The van der Waals surface area contributed by atoms with Crippen LogP contribution >= 0.6 is 0 Å². The van der Waals surface area contributed by atoms with Crippen molar-refractivity contribution >= 4 is 21.6 Å². The van der Waals surface area contributed by atoms with Gasteiger partial charge in [-0.15, -0.1) is 0 Å². The van der Waals surface area contributed by atoms with Crippen LogP contribution < -0.4 is 9.46 Å². The zero-order chi connectivity index (χ0) is 19.3. The lowest BCUT2D eigenvalue weighted by Crippen LogP contribution is -2.37. The Balaban J connectivity index is 2.42. The molecule has 0 fully saturated rings. The van der Waals surface area contributed by atoms with Gasteiger partial charge in [0.15, 0.2) is 0 Å². The number of carbonyl (C=O) groups is 1. The van der Waals surface area contributed by atoms with E-state index in [0.29, 0.717) is 12.3 Å². The number of anilines is 1. The molecule has 140 valence electrons. The first kappa shape index (κ1) is 19.7. The second-order valence-corrected chi connectivity index (χ2v) is 7.55. The number of aromatic nitrogens is 1. The molecular weight excluding hydrogens is 354 g/mol. The SMILES string of the molecule is CCN(C(=O)c1ccccc1S(=O)(=O)Nc1cncc(OC)c1)C(C)C. The smallest absolute Gasteiger partial charge is 0.262 e. The molecule has 1 aromatic carbocycles. The zero-order valence-corrected chi connectivity index (χ0v) is 16.1. The molecule has 0 radical (unpaired) electrons. The van der Waals surface area contributed by atoms with Crippen molar-refractivity contribution in [2.75, 3.05) is 18.4 Å². The quantitative estimate of drug-likeness (QED) is 0.801. The monoisotopic (exact) mass is 377 g/mol. The fourth-order valence-electron chi connectivity index (χ4n) is 2.57. The van der Waals surface area contributed by atoms with Gasteiger partial charge in [-0.1, -0.05) is 12.1 Å². The highest BCUT2D eigenvalue weighted by molar-refractivity contribution is 7.92. The molecule has 0 unspecified atom stereocenters. The third-order valence-corrected chi connectivity index (χ3v) is 5.27. The van der Waals surface area contributed by atoms with E-state index in [-0.39, 0.29) is 28.1 Å². The van der Waals surface area contributed by atoms with Crippen LogP contribution in [0.5, 0.6) is 5.75 Å². The van der Waals surface area contributed by atoms with Crippen LogP contribution in [0.4, 0.5) is 5.69 Å². The lowest BCUT2D eigenvalue weighted by molar-refractivity contribution is 0.0713. The molecule has 1 N–H and O–H groups in total. The molecule has 0 saturated heterocycles. The number of benzene rings is 1. The van der Waals surface area contributed by atoms with E-state index < -0.39 is 10.0 Å². The molecule has 2 aromatic rings. The Kier molecular flexibility index (Phi) is 6.20. The van der Waals surface area contributed by atoms with Gasteiger partial charge >= 0.3 is 0 Å². The van der Waals surface area contributed by atoms with Crippen molar-refractivity contribution in [1.82, 2.24) is 9.88 Å². The van der Waals surface area contributed by atoms with Gasteiger partial charge in [0.1, 0.15) is 10.6 Å². The zero-order valence-electron chi connectivity index (χ0n) is 15.3. The first-order valence-corrected chi connectivity index (χ1v) is 9.70. The maximum absolute atomic E-state index is 12.9. The number of pyridine rings is 1. The van der Waals surface area contributed by atoms with E-state index in [2.05, 4.69) is 9.71 Å². The van der Waals surface area contributed by atoms with Gasteiger partial charge in [-0.25, -0.2) is 8.42 Å². The van der Waals surface area contributed by atoms with E-state index in [1.165, 1.54) is 37.7 Å². The number of nitrogens with zero attached hydrogens (tertiary/aromatic N) is 2. The number of hydrogen-bond donors (Lipinski definition) is 1. The predicted octanol–water partition coefficient (Wildman–Crippen LogP) is 2.76. The summed E-state index contributed by atoms with van der Waals surface area (Å²) in [6.07, 6.45) is 2.84. The van der Waals surface area contributed by atoms with E-state index >= 15 is 0 Å². The van der Waals surface area contributed by atoms with Gasteiger partial charge in [-0.2, -0.15) is 0 Å². The molecule has 26 heavy (non-hydrogen) atoms. The van der Waals surface area contributed by atoms with Gasteiger partial charge in [0.25, 0.3) is 15.9 Å². The summed E-state index contributed by atoms with van der Waals surface area (Å²) in [5.41, 5.74) is 0.384. The third kappa shape index (κ3) is 4.32. The second-order valence-electron chi connectivity index (χ2n) is 5.90. The van der Waals surface area contributed by atoms with Crippen molar-refractivity contribution in [2.24, 2.45) is 0 Å². The number of ether oxygens (including phenoxy) is 1. The van der Waals surface area contributed by atoms with Crippen molar-refractivity contribution in [3.8, 4) is 5.75 Å². The summed E-state index contributed by atoms with van der Waals surface area (Å²) in [6.45, 7) is 6.12. The molecule has 1 heterocycles. The molecule has 1 aromatic heterocycles. The molecule has 0 aliphatic heterocycles. The molecule has 0 aliphatic rings. The number of rotatable bonds is 7. The van der Waals surface area contributed by atoms with Crippen molar-refractivity contribution in [3.63, 3.8) is 0 Å². The molecule has 2 rings (SSSR count). The number of hydrogen-bond acceptors (Lipinski definition) is 5. The molecule has 0 spiro atoms. The van der Waals surface area contributed by atoms with Crippen LogP contribution in [-0.2, 0) is 10.0 Å². The maximum Gasteiger partial charge on any atom is 0.262 e. The normalized spacial score (nSPS) is 11.3. The van der Waals surface area contributed by atoms with Gasteiger partial charge in [0, 0.05) is 18.7 Å². The minimum Gasteiger partial charge on any atom is -0.495 e. The van der Waals surface area contributed by atoms with E-state index in [1.807, 2.05) is 20.8 Å². The van der Waals surface area contributed by atoms with Gasteiger partial charge in [0.2, 0.25) is 0 Å². The summed E-state index contributed by atoms with van der Waals surface area (Å²) in [6, 6.07) is 7.64. The molecule has 1 amide bonds. The van der Waals surface area contributed by atoms with Gasteiger partial charge in [0.05, 0.1) is 30.8 Å². The molecule has 0 atom stereocenters. The van der Waals surface area contributed by atoms with Crippen LogP contribution in [0.15, 0.2) is 47.6 Å². The number of amides is 1. The molecular formula is C18H23N3O4S. The minimum absolute atomic E-state index is 0.0428. The summed E-state index contributed by atoms with van der Waals surface area (Å²) < 4.78 is 33.2. The number of sulfonamides is 1. The van der Waals surface area contributed by atoms with E-state index in [9.17, 15) is 13.2 Å². The second kappa shape index (κ2) is 8.18. The van der Waals surface area contributed by atoms with E-state index in [0.717, 1.165) is 0 Å². The Morgan fingerprint density at radius 1 is 1.27 bits per heavy atom. The summed E-state index contributed by atoms with van der Waals surface area (Å²) in [5.74, 6) is 0.0961. The Labute approximate surface area is 154 Å². The van der Waals surface area contributed by atoms with Gasteiger partial charge in [-0.05, 0) is 32.9 Å². The van der Waals surface area contributed by atoms with Crippen molar-refractivity contribution < 1.29 is 17.9 Å². The number of nitrogens with one attached hydrogen (secondary N) is 1. The predicted molar refractivity (Wildman–Crippen MR) is 99.9 cm³/mol. The van der Waals surface area contributed by atoms with Crippen LogP contribution in [0.1, 0.15) is 31.1 Å². The van der Waals surface area contributed by atoms with Crippen LogP contribution in [0.3, 0.4) is 0 Å². The first-order chi connectivity index (χ1) is 12.3. The number of carbonyl (C=O) groups excluding carboxylic acids is 1.